The van der Waals surface area contributed by atoms with Gasteiger partial charge < -0.3 is 20.9 Å². The number of carbonyl (C=O) groups is 1. The van der Waals surface area contributed by atoms with Crippen LogP contribution in [0.25, 0.3) is 10.9 Å². The van der Waals surface area contributed by atoms with Gasteiger partial charge in [-0.05, 0) is 18.1 Å². The van der Waals surface area contributed by atoms with Gasteiger partial charge in [0.1, 0.15) is 6.04 Å². The lowest BCUT2D eigenvalue weighted by Crippen LogP contribution is -2.34. The Morgan fingerprint density at radius 2 is 2.11 bits per heavy atom. The highest BCUT2D eigenvalue weighted by molar-refractivity contribution is 5.83. The molecule has 0 radical (unpaired) electrons. The first-order chi connectivity index (χ1) is 8.58. The second-order valence-electron chi connectivity index (χ2n) is 4.40. The molecule has 0 aliphatic carbocycles. The SMILES string of the molecule is N[C@H](C[C@H](O)Cc1c[nH]c2ccccc12)C(=O)O. The maximum Gasteiger partial charge on any atom is 0.320 e. The summed E-state index contributed by atoms with van der Waals surface area (Å²) in [4.78, 5) is 13.7. The van der Waals surface area contributed by atoms with E-state index in [4.69, 9.17) is 10.8 Å². The van der Waals surface area contributed by atoms with Gasteiger partial charge in [0, 0.05) is 23.5 Å². The molecular weight excluding hydrogens is 232 g/mol. The second-order valence-corrected chi connectivity index (χ2v) is 4.40. The third-order valence-electron chi connectivity index (χ3n) is 2.97. The minimum absolute atomic E-state index is 0.0504. The molecule has 0 saturated heterocycles. The molecule has 0 fully saturated rings. The van der Waals surface area contributed by atoms with Crippen LogP contribution in [-0.2, 0) is 11.2 Å². The highest BCUT2D eigenvalue weighted by Gasteiger charge is 2.18. The van der Waals surface area contributed by atoms with Crippen LogP contribution in [0.5, 0.6) is 0 Å². The van der Waals surface area contributed by atoms with Crippen LogP contribution in [-0.4, -0.2) is 33.3 Å². The highest BCUT2D eigenvalue weighted by Crippen LogP contribution is 2.19. The summed E-state index contributed by atoms with van der Waals surface area (Å²) in [6, 6.07) is 6.75. The Balaban J connectivity index is 2.07. The molecule has 0 aliphatic rings. The number of aliphatic hydroxyl groups excluding tert-OH is 1. The summed E-state index contributed by atoms with van der Waals surface area (Å²) in [5.74, 6) is -1.09. The molecule has 1 aromatic heterocycles. The monoisotopic (exact) mass is 248 g/mol. The summed E-state index contributed by atoms with van der Waals surface area (Å²) in [7, 11) is 0. The third-order valence-corrected chi connectivity index (χ3v) is 2.97. The molecule has 96 valence electrons. The van der Waals surface area contributed by atoms with E-state index in [9.17, 15) is 9.90 Å². The van der Waals surface area contributed by atoms with Crippen molar-refractivity contribution in [1.29, 1.82) is 0 Å². The first-order valence-electron chi connectivity index (χ1n) is 5.79. The predicted octanol–water partition coefficient (Wildman–Crippen LogP) is 0.873. The van der Waals surface area contributed by atoms with Crippen molar-refractivity contribution >= 4 is 16.9 Å². The van der Waals surface area contributed by atoms with Gasteiger partial charge in [0.25, 0.3) is 0 Å². The average molecular weight is 248 g/mol. The number of nitrogens with two attached hydrogens (primary N) is 1. The summed E-state index contributed by atoms with van der Waals surface area (Å²) in [6.07, 6.45) is 1.52. The van der Waals surface area contributed by atoms with Gasteiger partial charge in [-0.2, -0.15) is 0 Å². The summed E-state index contributed by atoms with van der Waals surface area (Å²) in [6.45, 7) is 0. The molecule has 5 N–H and O–H groups in total. The summed E-state index contributed by atoms with van der Waals surface area (Å²) in [5.41, 5.74) is 7.36. The molecule has 0 saturated carbocycles. The number of para-hydroxylation sites is 1. The lowest BCUT2D eigenvalue weighted by molar-refractivity contribution is -0.139. The van der Waals surface area contributed by atoms with Crippen LogP contribution in [0, 0.1) is 0 Å². The normalized spacial score (nSPS) is 14.6. The number of hydrogen-bond donors (Lipinski definition) is 4. The predicted molar refractivity (Wildman–Crippen MR) is 68.2 cm³/mol. The van der Waals surface area contributed by atoms with E-state index < -0.39 is 18.1 Å². The zero-order chi connectivity index (χ0) is 13.1. The maximum atomic E-state index is 10.6. The first-order valence-corrected chi connectivity index (χ1v) is 5.79. The molecule has 0 unspecified atom stereocenters. The zero-order valence-electron chi connectivity index (χ0n) is 9.84. The summed E-state index contributed by atoms with van der Waals surface area (Å²) < 4.78 is 0. The Hall–Kier alpha value is -1.85. The zero-order valence-corrected chi connectivity index (χ0v) is 9.84. The van der Waals surface area contributed by atoms with Crippen molar-refractivity contribution in [1.82, 2.24) is 4.98 Å². The number of aromatic amines is 1. The lowest BCUT2D eigenvalue weighted by Gasteiger charge is -2.12. The summed E-state index contributed by atoms with van der Waals surface area (Å²) >= 11 is 0. The minimum atomic E-state index is -1.09. The number of rotatable bonds is 5. The van der Waals surface area contributed by atoms with Gasteiger partial charge in [0.05, 0.1) is 6.10 Å². The Morgan fingerprint density at radius 3 is 2.83 bits per heavy atom. The van der Waals surface area contributed by atoms with Crippen molar-refractivity contribution in [3.05, 3.63) is 36.0 Å². The highest BCUT2D eigenvalue weighted by atomic mass is 16.4. The molecule has 0 spiro atoms. The largest absolute Gasteiger partial charge is 0.480 e. The number of benzene rings is 1. The molecule has 18 heavy (non-hydrogen) atoms. The van der Waals surface area contributed by atoms with E-state index in [0.29, 0.717) is 6.42 Å². The topological polar surface area (TPSA) is 99.3 Å². The number of aliphatic hydroxyl groups is 1. The van der Waals surface area contributed by atoms with E-state index in [1.54, 1.807) is 0 Å². The van der Waals surface area contributed by atoms with Crippen molar-refractivity contribution in [2.75, 3.05) is 0 Å². The fourth-order valence-electron chi connectivity index (χ4n) is 2.03. The third kappa shape index (κ3) is 2.69. The van der Waals surface area contributed by atoms with Crippen LogP contribution in [0.15, 0.2) is 30.5 Å². The van der Waals surface area contributed by atoms with Crippen LogP contribution < -0.4 is 5.73 Å². The van der Waals surface area contributed by atoms with Gasteiger partial charge in [0.2, 0.25) is 0 Å². The van der Waals surface area contributed by atoms with Crippen LogP contribution in [0.3, 0.4) is 0 Å². The summed E-state index contributed by atoms with van der Waals surface area (Å²) in [5, 5.41) is 19.6. The fraction of sp³-hybridized carbons (Fsp3) is 0.308. The van der Waals surface area contributed by atoms with Crippen molar-refractivity contribution in [2.45, 2.75) is 25.0 Å². The number of fused-ring (bicyclic) bond motifs is 1. The van der Waals surface area contributed by atoms with Crippen LogP contribution in [0.1, 0.15) is 12.0 Å². The van der Waals surface area contributed by atoms with Gasteiger partial charge in [-0.1, -0.05) is 18.2 Å². The molecule has 2 aromatic rings. The second kappa shape index (κ2) is 5.20. The quantitative estimate of drug-likeness (QED) is 0.631. The average Bonchev–Trinajstić information content (AvgIpc) is 2.72. The molecule has 2 rings (SSSR count). The number of carboxylic acids is 1. The Labute approximate surface area is 104 Å². The van der Waals surface area contributed by atoms with Gasteiger partial charge in [-0.15, -0.1) is 0 Å². The molecule has 5 nitrogen and oxygen atoms in total. The first kappa shape index (κ1) is 12.6. The van der Waals surface area contributed by atoms with E-state index in [-0.39, 0.29) is 6.42 Å². The van der Waals surface area contributed by atoms with Gasteiger partial charge in [0.15, 0.2) is 0 Å². The number of aromatic nitrogens is 1. The van der Waals surface area contributed by atoms with Crippen molar-refractivity contribution in [3.63, 3.8) is 0 Å². The van der Waals surface area contributed by atoms with Gasteiger partial charge >= 0.3 is 5.97 Å². The van der Waals surface area contributed by atoms with E-state index in [1.807, 2.05) is 30.5 Å². The minimum Gasteiger partial charge on any atom is -0.480 e. The smallest absolute Gasteiger partial charge is 0.320 e. The van der Waals surface area contributed by atoms with E-state index in [0.717, 1.165) is 16.5 Å². The van der Waals surface area contributed by atoms with Gasteiger partial charge in [-0.25, -0.2) is 0 Å². The van der Waals surface area contributed by atoms with E-state index >= 15 is 0 Å². The molecule has 1 heterocycles. The number of hydrogen-bond acceptors (Lipinski definition) is 3. The van der Waals surface area contributed by atoms with Crippen molar-refractivity contribution < 1.29 is 15.0 Å². The standard InChI is InChI=1S/C13H16N2O3/c14-11(13(17)18)6-9(16)5-8-7-15-12-4-2-1-3-10(8)12/h1-4,7,9,11,15-16H,5-6,14H2,(H,17,18)/t9-,11-/m1/s1. The Bertz CT molecular complexity index is 550. The Morgan fingerprint density at radius 1 is 1.39 bits per heavy atom. The fourth-order valence-corrected chi connectivity index (χ4v) is 2.03. The number of aliphatic carboxylic acids is 1. The van der Waals surface area contributed by atoms with Crippen LogP contribution >= 0.6 is 0 Å². The van der Waals surface area contributed by atoms with E-state index in [1.165, 1.54) is 0 Å². The molecular formula is C13H16N2O3. The Kier molecular flexibility index (Phi) is 3.64. The van der Waals surface area contributed by atoms with Crippen molar-refractivity contribution in [2.24, 2.45) is 5.73 Å². The van der Waals surface area contributed by atoms with Crippen molar-refractivity contribution in [3.8, 4) is 0 Å². The molecule has 2 atom stereocenters. The lowest BCUT2D eigenvalue weighted by atomic mass is 10.0. The molecule has 0 aliphatic heterocycles. The number of H-pyrrole nitrogens is 1. The van der Waals surface area contributed by atoms with E-state index in [2.05, 4.69) is 4.98 Å². The van der Waals surface area contributed by atoms with Crippen LogP contribution in [0.4, 0.5) is 0 Å². The number of carboxylic acid groups (broad SMARTS) is 1. The van der Waals surface area contributed by atoms with Gasteiger partial charge in [-0.3, -0.25) is 4.79 Å². The molecule has 1 aromatic carbocycles. The molecule has 5 heteroatoms. The molecule has 0 bridgehead atoms. The van der Waals surface area contributed by atoms with Crippen LogP contribution in [0.2, 0.25) is 0 Å². The number of nitrogens with one attached hydrogen (secondary N) is 1. The maximum absolute atomic E-state index is 10.6. The molecule has 0 amide bonds.